The van der Waals surface area contributed by atoms with Crippen molar-refractivity contribution in [3.8, 4) is 5.75 Å². The van der Waals surface area contributed by atoms with Crippen molar-refractivity contribution in [3.05, 3.63) is 30.0 Å². The highest BCUT2D eigenvalue weighted by molar-refractivity contribution is 7.88. The van der Waals surface area contributed by atoms with Gasteiger partial charge in [-0.2, -0.15) is 21.6 Å². The van der Waals surface area contributed by atoms with Gasteiger partial charge in [0.2, 0.25) is 5.91 Å². The molecule has 0 fully saturated rings. The summed E-state index contributed by atoms with van der Waals surface area (Å²) in [6.45, 7) is 1.65. The molecule has 0 aliphatic carbocycles. The van der Waals surface area contributed by atoms with Crippen LogP contribution in [0.25, 0.3) is 11.0 Å². The third-order valence-corrected chi connectivity index (χ3v) is 3.86. The predicted octanol–water partition coefficient (Wildman–Crippen LogP) is 2.34. The number of fused-ring (bicyclic) bond motifs is 1. The Morgan fingerprint density at radius 3 is 2.65 bits per heavy atom. The Morgan fingerprint density at radius 2 is 2.04 bits per heavy atom. The lowest BCUT2D eigenvalue weighted by Crippen LogP contribution is -2.28. The summed E-state index contributed by atoms with van der Waals surface area (Å²) in [4.78, 5) is 10.8. The monoisotopic (exact) mass is 351 g/mol. The van der Waals surface area contributed by atoms with E-state index in [9.17, 15) is 26.4 Å². The van der Waals surface area contributed by atoms with Crippen molar-refractivity contribution in [1.29, 1.82) is 0 Å². The molecule has 1 heterocycles. The molecule has 6 nitrogen and oxygen atoms in total. The van der Waals surface area contributed by atoms with Crippen molar-refractivity contribution in [3.63, 3.8) is 0 Å². The molecule has 1 amide bonds. The van der Waals surface area contributed by atoms with Gasteiger partial charge in [0.05, 0.1) is 6.26 Å². The molecule has 1 aromatic heterocycles. The smallest absolute Gasteiger partial charge is 0.464 e. The van der Waals surface area contributed by atoms with Gasteiger partial charge in [-0.15, -0.1) is 0 Å². The zero-order valence-electron chi connectivity index (χ0n) is 11.8. The number of amides is 1. The molecule has 1 aromatic carbocycles. The van der Waals surface area contributed by atoms with Gasteiger partial charge in [-0.1, -0.05) is 0 Å². The SMILES string of the molecule is CC(=O)NCCc1coc2ccc(OS(=O)(=O)C(F)(F)F)cc12. The van der Waals surface area contributed by atoms with E-state index in [2.05, 4.69) is 9.50 Å². The second-order valence-corrected chi connectivity index (χ2v) is 6.17. The van der Waals surface area contributed by atoms with Crippen molar-refractivity contribution in [2.45, 2.75) is 18.9 Å². The number of carbonyl (C=O) groups is 1. The van der Waals surface area contributed by atoms with Crippen LogP contribution in [-0.4, -0.2) is 26.4 Å². The van der Waals surface area contributed by atoms with Crippen LogP contribution in [0.3, 0.4) is 0 Å². The fraction of sp³-hybridized carbons (Fsp3) is 0.308. The molecule has 0 aliphatic heterocycles. The van der Waals surface area contributed by atoms with Crippen LogP contribution in [0, 0.1) is 0 Å². The van der Waals surface area contributed by atoms with E-state index in [4.69, 9.17) is 4.42 Å². The first-order chi connectivity index (χ1) is 10.6. The molecule has 0 atom stereocenters. The summed E-state index contributed by atoms with van der Waals surface area (Å²) in [6.07, 6.45) is 1.75. The zero-order valence-corrected chi connectivity index (χ0v) is 12.6. The summed E-state index contributed by atoms with van der Waals surface area (Å²) >= 11 is 0. The second-order valence-electron chi connectivity index (χ2n) is 4.64. The van der Waals surface area contributed by atoms with E-state index in [1.165, 1.54) is 19.3 Å². The normalized spacial score (nSPS) is 12.3. The highest BCUT2D eigenvalue weighted by atomic mass is 32.2. The minimum atomic E-state index is -5.73. The van der Waals surface area contributed by atoms with Gasteiger partial charge in [-0.3, -0.25) is 4.79 Å². The van der Waals surface area contributed by atoms with Crippen LogP contribution in [0.15, 0.2) is 28.9 Å². The van der Waals surface area contributed by atoms with Gasteiger partial charge >= 0.3 is 15.6 Å². The third-order valence-electron chi connectivity index (χ3n) is 2.88. The Morgan fingerprint density at radius 1 is 1.35 bits per heavy atom. The molecule has 2 aromatic rings. The first-order valence-corrected chi connectivity index (χ1v) is 7.76. The molecule has 0 radical (unpaired) electrons. The van der Waals surface area contributed by atoms with Gasteiger partial charge in [0.25, 0.3) is 0 Å². The van der Waals surface area contributed by atoms with Crippen molar-refractivity contribution in [2.24, 2.45) is 0 Å². The molecular weight excluding hydrogens is 339 g/mol. The van der Waals surface area contributed by atoms with Gasteiger partial charge in [-0.05, 0) is 24.6 Å². The Labute approximate surface area is 129 Å². The minimum absolute atomic E-state index is 0.224. The van der Waals surface area contributed by atoms with Gasteiger partial charge < -0.3 is 13.9 Å². The van der Waals surface area contributed by atoms with E-state index in [0.29, 0.717) is 29.5 Å². The van der Waals surface area contributed by atoms with Crippen molar-refractivity contribution < 1.29 is 35.0 Å². The topological polar surface area (TPSA) is 85.6 Å². The van der Waals surface area contributed by atoms with Crippen LogP contribution >= 0.6 is 0 Å². The van der Waals surface area contributed by atoms with Crippen LogP contribution in [0.2, 0.25) is 0 Å². The second kappa shape index (κ2) is 6.11. The molecule has 0 saturated heterocycles. The van der Waals surface area contributed by atoms with Crippen molar-refractivity contribution in [2.75, 3.05) is 6.54 Å². The number of furan rings is 1. The molecule has 126 valence electrons. The third kappa shape index (κ3) is 3.95. The standard InChI is InChI=1S/C13H12F3NO5S/c1-8(18)17-5-4-9-7-21-12-3-2-10(6-11(9)12)22-23(19,20)13(14,15)16/h2-3,6-7H,4-5H2,1H3,(H,17,18). The molecule has 0 aliphatic rings. The average Bonchev–Trinajstić information content (AvgIpc) is 2.79. The van der Waals surface area contributed by atoms with E-state index in [-0.39, 0.29) is 5.91 Å². The fourth-order valence-electron chi connectivity index (χ4n) is 1.85. The Bertz CT molecular complexity index is 826. The summed E-state index contributed by atoms with van der Waals surface area (Å²) in [5.41, 5.74) is -4.55. The number of benzene rings is 1. The summed E-state index contributed by atoms with van der Waals surface area (Å²) < 4.78 is 68.3. The number of rotatable bonds is 5. The van der Waals surface area contributed by atoms with E-state index >= 15 is 0 Å². The molecule has 10 heteroatoms. The van der Waals surface area contributed by atoms with Crippen LogP contribution < -0.4 is 9.50 Å². The van der Waals surface area contributed by atoms with Crippen LogP contribution in [-0.2, 0) is 21.3 Å². The predicted molar refractivity (Wildman–Crippen MR) is 74.2 cm³/mol. The van der Waals surface area contributed by atoms with Gasteiger partial charge in [-0.25, -0.2) is 0 Å². The molecule has 23 heavy (non-hydrogen) atoms. The number of alkyl halides is 3. The average molecular weight is 351 g/mol. The first-order valence-electron chi connectivity index (χ1n) is 6.35. The van der Waals surface area contributed by atoms with Crippen LogP contribution in [0.1, 0.15) is 12.5 Å². The number of halogens is 3. The van der Waals surface area contributed by atoms with E-state index in [1.54, 1.807) is 0 Å². The lowest BCUT2D eigenvalue weighted by molar-refractivity contribution is -0.118. The highest BCUT2D eigenvalue weighted by Crippen LogP contribution is 2.30. The summed E-state index contributed by atoms with van der Waals surface area (Å²) in [5.74, 6) is -0.699. The quantitative estimate of drug-likeness (QED) is 0.660. The van der Waals surface area contributed by atoms with Crippen molar-refractivity contribution >= 4 is 27.0 Å². The lowest BCUT2D eigenvalue weighted by Gasteiger charge is -2.09. The summed E-state index contributed by atoms with van der Waals surface area (Å²) in [6, 6.07) is 3.51. The van der Waals surface area contributed by atoms with E-state index < -0.39 is 21.4 Å². The molecule has 1 N–H and O–H groups in total. The molecule has 2 rings (SSSR count). The van der Waals surface area contributed by atoms with Gasteiger partial charge in [0, 0.05) is 24.4 Å². The fourth-order valence-corrected chi connectivity index (χ4v) is 2.30. The molecular formula is C13H12F3NO5S. The Hall–Kier alpha value is -2.23. The maximum Gasteiger partial charge on any atom is 0.534 e. The molecule has 0 unspecified atom stereocenters. The number of hydrogen-bond donors (Lipinski definition) is 1. The van der Waals surface area contributed by atoms with Gasteiger partial charge in [0.1, 0.15) is 11.3 Å². The zero-order chi connectivity index (χ0) is 17.3. The van der Waals surface area contributed by atoms with E-state index in [0.717, 1.165) is 12.1 Å². The maximum absolute atomic E-state index is 12.3. The van der Waals surface area contributed by atoms with Crippen LogP contribution in [0.5, 0.6) is 5.75 Å². The minimum Gasteiger partial charge on any atom is -0.464 e. The summed E-state index contributed by atoms with van der Waals surface area (Å²) in [7, 11) is -5.73. The highest BCUT2D eigenvalue weighted by Gasteiger charge is 2.48. The molecule has 0 spiro atoms. The lowest BCUT2D eigenvalue weighted by atomic mass is 10.1. The Balaban J connectivity index is 2.25. The van der Waals surface area contributed by atoms with E-state index in [1.807, 2.05) is 0 Å². The largest absolute Gasteiger partial charge is 0.534 e. The maximum atomic E-state index is 12.3. The summed E-state index contributed by atoms with van der Waals surface area (Å²) in [5, 5.41) is 2.97. The van der Waals surface area contributed by atoms with Gasteiger partial charge in [0.15, 0.2) is 0 Å². The van der Waals surface area contributed by atoms with Crippen molar-refractivity contribution in [1.82, 2.24) is 5.32 Å². The first kappa shape index (κ1) is 17.1. The molecule has 0 saturated carbocycles. The molecule has 0 bridgehead atoms. The number of nitrogens with one attached hydrogen (secondary N) is 1. The number of hydrogen-bond acceptors (Lipinski definition) is 5. The van der Waals surface area contributed by atoms with Crippen LogP contribution in [0.4, 0.5) is 13.2 Å². The Kier molecular flexibility index (Phi) is 4.55. The number of carbonyl (C=O) groups excluding carboxylic acids is 1.